The SMILES string of the molecule is Cc1ccc(C)c(CC(=O)Cc2csc(N)n2)c1. The van der Waals surface area contributed by atoms with Crippen molar-refractivity contribution in [2.45, 2.75) is 26.7 Å². The van der Waals surface area contributed by atoms with Gasteiger partial charge in [0.05, 0.1) is 5.69 Å². The topological polar surface area (TPSA) is 56.0 Å². The van der Waals surface area contributed by atoms with E-state index in [1.54, 1.807) is 0 Å². The number of hydrogen-bond donors (Lipinski definition) is 1. The van der Waals surface area contributed by atoms with Crippen LogP contribution in [0.2, 0.25) is 0 Å². The van der Waals surface area contributed by atoms with Gasteiger partial charge in [-0.1, -0.05) is 23.8 Å². The normalized spacial score (nSPS) is 10.6. The number of Topliss-reactive ketones (excluding diaryl/α,β-unsaturated/α-hetero) is 1. The Hall–Kier alpha value is -1.68. The molecule has 3 nitrogen and oxygen atoms in total. The van der Waals surface area contributed by atoms with E-state index >= 15 is 0 Å². The number of aryl methyl sites for hydroxylation is 2. The van der Waals surface area contributed by atoms with Crippen LogP contribution in [0, 0.1) is 13.8 Å². The summed E-state index contributed by atoms with van der Waals surface area (Å²) in [6, 6.07) is 6.19. The van der Waals surface area contributed by atoms with Gasteiger partial charge in [-0.05, 0) is 25.0 Å². The molecule has 0 bridgehead atoms. The highest BCUT2D eigenvalue weighted by Gasteiger charge is 2.09. The summed E-state index contributed by atoms with van der Waals surface area (Å²) in [6.45, 7) is 4.07. The quantitative estimate of drug-likeness (QED) is 0.919. The van der Waals surface area contributed by atoms with Crippen molar-refractivity contribution in [3.63, 3.8) is 0 Å². The number of ketones is 1. The third-order valence-corrected chi connectivity index (χ3v) is 3.56. The van der Waals surface area contributed by atoms with Crippen LogP contribution >= 0.6 is 11.3 Å². The molecular formula is C14H16N2OS. The fourth-order valence-electron chi connectivity index (χ4n) is 1.87. The van der Waals surface area contributed by atoms with Crippen LogP contribution in [0.25, 0.3) is 0 Å². The van der Waals surface area contributed by atoms with Gasteiger partial charge in [-0.2, -0.15) is 0 Å². The zero-order valence-electron chi connectivity index (χ0n) is 10.6. The van der Waals surface area contributed by atoms with Crippen molar-refractivity contribution in [2.24, 2.45) is 0 Å². The smallest absolute Gasteiger partial charge is 0.180 e. The average molecular weight is 260 g/mol. The number of aromatic nitrogens is 1. The molecule has 0 radical (unpaired) electrons. The minimum absolute atomic E-state index is 0.175. The molecule has 4 heteroatoms. The number of thiazole rings is 1. The second-order valence-electron chi connectivity index (χ2n) is 4.50. The summed E-state index contributed by atoms with van der Waals surface area (Å²) in [5, 5.41) is 2.36. The van der Waals surface area contributed by atoms with Gasteiger partial charge in [0.1, 0.15) is 5.78 Å². The van der Waals surface area contributed by atoms with Crippen LogP contribution < -0.4 is 5.73 Å². The highest BCUT2D eigenvalue weighted by molar-refractivity contribution is 7.13. The fraction of sp³-hybridized carbons (Fsp3) is 0.286. The lowest BCUT2D eigenvalue weighted by atomic mass is 9.99. The van der Waals surface area contributed by atoms with Crippen molar-refractivity contribution >= 4 is 22.3 Å². The Morgan fingerprint density at radius 2 is 2.11 bits per heavy atom. The summed E-state index contributed by atoms with van der Waals surface area (Å²) >= 11 is 1.37. The van der Waals surface area contributed by atoms with Gasteiger partial charge >= 0.3 is 0 Å². The minimum atomic E-state index is 0.175. The molecule has 0 aliphatic heterocycles. The molecule has 2 aromatic rings. The molecule has 0 saturated carbocycles. The lowest BCUT2D eigenvalue weighted by molar-refractivity contribution is -0.117. The number of rotatable bonds is 4. The number of carbonyl (C=O) groups excluding carboxylic acids is 1. The number of hydrogen-bond acceptors (Lipinski definition) is 4. The van der Waals surface area contributed by atoms with Crippen molar-refractivity contribution in [2.75, 3.05) is 5.73 Å². The third-order valence-electron chi connectivity index (χ3n) is 2.84. The zero-order valence-corrected chi connectivity index (χ0v) is 11.4. The first kappa shape index (κ1) is 12.8. The molecule has 1 aromatic heterocycles. The van der Waals surface area contributed by atoms with Crippen molar-refractivity contribution in [3.05, 3.63) is 46.0 Å². The maximum absolute atomic E-state index is 12.0. The number of nitrogens with two attached hydrogens (primary N) is 1. The van der Waals surface area contributed by atoms with Gasteiger partial charge in [-0.3, -0.25) is 4.79 Å². The van der Waals surface area contributed by atoms with E-state index in [0.717, 1.165) is 16.8 Å². The van der Waals surface area contributed by atoms with Crippen LogP contribution in [-0.4, -0.2) is 10.8 Å². The lowest BCUT2D eigenvalue weighted by Gasteiger charge is -2.05. The first-order valence-corrected chi connectivity index (χ1v) is 6.70. The second-order valence-corrected chi connectivity index (χ2v) is 5.39. The predicted octanol–water partition coefficient (Wildman–Crippen LogP) is 2.70. The highest BCUT2D eigenvalue weighted by Crippen LogP contribution is 2.15. The minimum Gasteiger partial charge on any atom is -0.375 e. The molecule has 0 fully saturated rings. The maximum Gasteiger partial charge on any atom is 0.180 e. The number of nitrogen functional groups attached to an aromatic ring is 1. The zero-order chi connectivity index (χ0) is 13.1. The third kappa shape index (κ3) is 3.17. The first-order valence-electron chi connectivity index (χ1n) is 5.82. The molecule has 1 heterocycles. The number of carbonyl (C=O) groups is 1. The molecule has 2 N–H and O–H groups in total. The predicted molar refractivity (Wildman–Crippen MR) is 74.9 cm³/mol. The number of nitrogens with zero attached hydrogens (tertiary/aromatic N) is 1. The molecule has 0 spiro atoms. The summed E-state index contributed by atoms with van der Waals surface area (Å²) in [5.41, 5.74) is 9.76. The molecule has 0 aliphatic rings. The van der Waals surface area contributed by atoms with Crippen molar-refractivity contribution in [1.82, 2.24) is 4.98 Å². The Morgan fingerprint density at radius 1 is 1.33 bits per heavy atom. The molecule has 0 amide bonds. The average Bonchev–Trinajstić information content (AvgIpc) is 2.69. The van der Waals surface area contributed by atoms with E-state index in [2.05, 4.69) is 23.2 Å². The van der Waals surface area contributed by atoms with Crippen LogP contribution in [-0.2, 0) is 17.6 Å². The van der Waals surface area contributed by atoms with E-state index in [9.17, 15) is 4.79 Å². The van der Waals surface area contributed by atoms with Crippen LogP contribution in [0.5, 0.6) is 0 Å². The van der Waals surface area contributed by atoms with E-state index in [1.165, 1.54) is 16.9 Å². The standard InChI is InChI=1S/C14H16N2OS/c1-9-3-4-10(2)11(5-9)6-13(17)7-12-8-18-14(15)16-12/h3-5,8H,6-7H2,1-2H3,(H2,15,16). The Morgan fingerprint density at radius 3 is 2.78 bits per heavy atom. The summed E-state index contributed by atoms with van der Waals surface area (Å²) in [7, 11) is 0. The van der Waals surface area contributed by atoms with Crippen molar-refractivity contribution < 1.29 is 4.79 Å². The van der Waals surface area contributed by atoms with Gasteiger partial charge in [0.15, 0.2) is 5.13 Å². The molecular weight excluding hydrogens is 244 g/mol. The van der Waals surface area contributed by atoms with E-state index < -0.39 is 0 Å². The molecule has 18 heavy (non-hydrogen) atoms. The molecule has 2 rings (SSSR count). The van der Waals surface area contributed by atoms with E-state index in [1.807, 2.05) is 19.2 Å². The van der Waals surface area contributed by atoms with Crippen LogP contribution in [0.4, 0.5) is 5.13 Å². The van der Waals surface area contributed by atoms with E-state index in [-0.39, 0.29) is 5.78 Å². The number of benzene rings is 1. The van der Waals surface area contributed by atoms with Gasteiger partial charge in [0.25, 0.3) is 0 Å². The lowest BCUT2D eigenvalue weighted by Crippen LogP contribution is -2.08. The molecule has 1 aromatic carbocycles. The largest absolute Gasteiger partial charge is 0.375 e. The molecule has 0 atom stereocenters. The van der Waals surface area contributed by atoms with Crippen LogP contribution in [0.1, 0.15) is 22.4 Å². The summed E-state index contributed by atoms with van der Waals surface area (Å²) in [6.07, 6.45) is 0.825. The first-order chi connectivity index (χ1) is 8.54. The van der Waals surface area contributed by atoms with Gasteiger partial charge in [0.2, 0.25) is 0 Å². The maximum atomic E-state index is 12.0. The molecule has 0 saturated heterocycles. The molecule has 94 valence electrons. The van der Waals surface area contributed by atoms with Gasteiger partial charge in [-0.25, -0.2) is 4.98 Å². The Bertz CT molecular complexity index is 575. The summed E-state index contributed by atoms with van der Waals surface area (Å²) in [5.74, 6) is 0.175. The van der Waals surface area contributed by atoms with Crippen LogP contribution in [0.15, 0.2) is 23.6 Å². The second kappa shape index (κ2) is 5.31. The van der Waals surface area contributed by atoms with Gasteiger partial charge in [-0.15, -0.1) is 11.3 Å². The Balaban J connectivity index is 2.05. The van der Waals surface area contributed by atoms with Crippen molar-refractivity contribution in [1.29, 1.82) is 0 Å². The van der Waals surface area contributed by atoms with Gasteiger partial charge < -0.3 is 5.73 Å². The van der Waals surface area contributed by atoms with E-state index in [0.29, 0.717) is 18.0 Å². The molecule has 0 aliphatic carbocycles. The summed E-state index contributed by atoms with van der Waals surface area (Å²) in [4.78, 5) is 16.1. The highest BCUT2D eigenvalue weighted by atomic mass is 32.1. The van der Waals surface area contributed by atoms with E-state index in [4.69, 9.17) is 5.73 Å². The molecule has 0 unspecified atom stereocenters. The van der Waals surface area contributed by atoms with Crippen molar-refractivity contribution in [3.8, 4) is 0 Å². The monoisotopic (exact) mass is 260 g/mol. The summed E-state index contributed by atoms with van der Waals surface area (Å²) < 4.78 is 0. The number of anilines is 1. The Labute approximate surface area is 111 Å². The Kier molecular flexibility index (Phi) is 3.77. The fourth-order valence-corrected chi connectivity index (χ4v) is 2.43. The van der Waals surface area contributed by atoms with Crippen LogP contribution in [0.3, 0.4) is 0 Å². The van der Waals surface area contributed by atoms with Gasteiger partial charge in [0, 0.05) is 18.2 Å².